The van der Waals surface area contributed by atoms with E-state index in [1.54, 1.807) is 24.3 Å². The van der Waals surface area contributed by atoms with Crippen LogP contribution in [-0.2, 0) is 6.54 Å². The van der Waals surface area contributed by atoms with Gasteiger partial charge in [0, 0.05) is 25.2 Å². The first-order chi connectivity index (χ1) is 10.7. The molecule has 0 saturated heterocycles. The number of carbonyl (C=O) groups is 2. The van der Waals surface area contributed by atoms with Crippen LogP contribution in [0.4, 0.5) is 0 Å². The Balaban J connectivity index is 1.65. The number of benzene rings is 1. The Morgan fingerprint density at radius 2 is 1.68 bits per heavy atom. The van der Waals surface area contributed by atoms with Crippen LogP contribution in [0.15, 0.2) is 47.1 Å². The van der Waals surface area contributed by atoms with Gasteiger partial charge < -0.3 is 20.8 Å². The molecule has 0 bridgehead atoms. The fourth-order valence-corrected chi connectivity index (χ4v) is 1.88. The van der Waals surface area contributed by atoms with Crippen molar-refractivity contribution < 1.29 is 14.0 Å². The van der Waals surface area contributed by atoms with E-state index >= 15 is 0 Å². The summed E-state index contributed by atoms with van der Waals surface area (Å²) in [6.07, 6.45) is 2.09. The van der Waals surface area contributed by atoms with E-state index in [0.29, 0.717) is 31.6 Å². The SMILES string of the molecule is NCc1ccc(C(=O)NCCCNC(=O)c2ccco2)cc1. The van der Waals surface area contributed by atoms with E-state index in [1.165, 1.54) is 6.26 Å². The number of hydrogen-bond donors (Lipinski definition) is 3. The van der Waals surface area contributed by atoms with Gasteiger partial charge in [-0.05, 0) is 36.2 Å². The van der Waals surface area contributed by atoms with Crippen LogP contribution < -0.4 is 16.4 Å². The third-order valence-electron chi connectivity index (χ3n) is 3.12. The van der Waals surface area contributed by atoms with Gasteiger partial charge in [0.25, 0.3) is 11.8 Å². The van der Waals surface area contributed by atoms with Crippen molar-refractivity contribution in [2.45, 2.75) is 13.0 Å². The van der Waals surface area contributed by atoms with Crippen molar-refractivity contribution in [1.82, 2.24) is 10.6 Å². The zero-order valence-electron chi connectivity index (χ0n) is 12.2. The van der Waals surface area contributed by atoms with Crippen molar-refractivity contribution >= 4 is 11.8 Å². The van der Waals surface area contributed by atoms with Crippen molar-refractivity contribution in [1.29, 1.82) is 0 Å². The number of nitrogens with one attached hydrogen (secondary N) is 2. The molecule has 0 atom stereocenters. The van der Waals surface area contributed by atoms with Crippen LogP contribution in [0.3, 0.4) is 0 Å². The van der Waals surface area contributed by atoms with E-state index in [2.05, 4.69) is 10.6 Å². The van der Waals surface area contributed by atoms with Crippen LogP contribution in [0.25, 0.3) is 0 Å². The first kappa shape index (κ1) is 15.8. The Bertz CT molecular complexity index is 606. The van der Waals surface area contributed by atoms with E-state index in [4.69, 9.17) is 10.2 Å². The molecule has 2 rings (SSSR count). The summed E-state index contributed by atoms with van der Waals surface area (Å²) in [5.41, 5.74) is 7.09. The Labute approximate surface area is 128 Å². The van der Waals surface area contributed by atoms with Gasteiger partial charge >= 0.3 is 0 Å². The summed E-state index contributed by atoms with van der Waals surface area (Å²) in [7, 11) is 0. The second-order valence-electron chi connectivity index (χ2n) is 4.74. The average Bonchev–Trinajstić information content (AvgIpc) is 3.09. The number of amides is 2. The molecule has 6 heteroatoms. The molecule has 2 aromatic rings. The number of hydrogen-bond acceptors (Lipinski definition) is 4. The van der Waals surface area contributed by atoms with Crippen LogP contribution in [0.5, 0.6) is 0 Å². The minimum atomic E-state index is -0.256. The maximum absolute atomic E-state index is 11.9. The summed E-state index contributed by atoms with van der Waals surface area (Å²) >= 11 is 0. The van der Waals surface area contributed by atoms with Gasteiger partial charge in [-0.1, -0.05) is 12.1 Å². The zero-order chi connectivity index (χ0) is 15.8. The molecule has 0 unspecified atom stereocenters. The predicted octanol–water partition coefficient (Wildman–Crippen LogP) is 1.29. The van der Waals surface area contributed by atoms with E-state index in [0.717, 1.165) is 5.56 Å². The maximum Gasteiger partial charge on any atom is 0.286 e. The number of carbonyl (C=O) groups excluding carboxylic acids is 2. The Morgan fingerprint density at radius 3 is 2.27 bits per heavy atom. The molecule has 1 heterocycles. The number of rotatable bonds is 7. The number of nitrogens with two attached hydrogens (primary N) is 1. The Kier molecular flexibility index (Phi) is 5.73. The molecule has 0 aliphatic carbocycles. The molecule has 1 aromatic heterocycles. The predicted molar refractivity (Wildman–Crippen MR) is 82.3 cm³/mol. The summed E-state index contributed by atoms with van der Waals surface area (Å²) < 4.78 is 4.98. The molecule has 4 N–H and O–H groups in total. The van der Waals surface area contributed by atoms with E-state index in [1.807, 2.05) is 12.1 Å². The monoisotopic (exact) mass is 301 g/mol. The summed E-state index contributed by atoms with van der Waals surface area (Å²) in [5.74, 6) is -0.112. The smallest absolute Gasteiger partial charge is 0.286 e. The Hall–Kier alpha value is -2.60. The lowest BCUT2D eigenvalue weighted by Gasteiger charge is -2.06. The molecular weight excluding hydrogens is 282 g/mol. The summed E-state index contributed by atoms with van der Waals surface area (Å²) in [6, 6.07) is 10.4. The molecule has 0 radical (unpaired) electrons. The van der Waals surface area contributed by atoms with Crippen LogP contribution in [0.2, 0.25) is 0 Å². The second-order valence-corrected chi connectivity index (χ2v) is 4.74. The van der Waals surface area contributed by atoms with Gasteiger partial charge in [0.05, 0.1) is 6.26 Å². The molecule has 0 aliphatic rings. The van der Waals surface area contributed by atoms with E-state index in [-0.39, 0.29) is 17.6 Å². The average molecular weight is 301 g/mol. The van der Waals surface area contributed by atoms with E-state index < -0.39 is 0 Å². The lowest BCUT2D eigenvalue weighted by molar-refractivity contribution is 0.0925. The molecule has 1 aromatic carbocycles. The van der Waals surface area contributed by atoms with Gasteiger partial charge in [-0.15, -0.1) is 0 Å². The van der Waals surface area contributed by atoms with Gasteiger partial charge in [0.2, 0.25) is 0 Å². The van der Waals surface area contributed by atoms with Crippen molar-refractivity contribution in [2.24, 2.45) is 5.73 Å². The fraction of sp³-hybridized carbons (Fsp3) is 0.250. The first-order valence-corrected chi connectivity index (χ1v) is 7.09. The highest BCUT2D eigenvalue weighted by Gasteiger charge is 2.07. The largest absolute Gasteiger partial charge is 0.459 e. The normalized spacial score (nSPS) is 10.2. The third kappa shape index (κ3) is 4.46. The van der Waals surface area contributed by atoms with Crippen molar-refractivity contribution in [3.63, 3.8) is 0 Å². The minimum absolute atomic E-state index is 0.138. The highest BCUT2D eigenvalue weighted by Crippen LogP contribution is 2.03. The molecule has 116 valence electrons. The van der Waals surface area contributed by atoms with E-state index in [9.17, 15) is 9.59 Å². The van der Waals surface area contributed by atoms with Gasteiger partial charge in [0.15, 0.2) is 5.76 Å². The minimum Gasteiger partial charge on any atom is -0.459 e. The first-order valence-electron chi connectivity index (χ1n) is 7.09. The van der Waals surface area contributed by atoms with Crippen LogP contribution in [0, 0.1) is 0 Å². The summed E-state index contributed by atoms with van der Waals surface area (Å²) in [5, 5.41) is 5.52. The lowest BCUT2D eigenvalue weighted by Crippen LogP contribution is -2.29. The topological polar surface area (TPSA) is 97.4 Å². The Morgan fingerprint density at radius 1 is 1.00 bits per heavy atom. The molecule has 2 amide bonds. The molecule has 22 heavy (non-hydrogen) atoms. The van der Waals surface area contributed by atoms with Crippen molar-refractivity contribution in [3.8, 4) is 0 Å². The standard InChI is InChI=1S/C16H19N3O3/c17-11-12-4-6-13(7-5-12)15(20)18-8-2-9-19-16(21)14-3-1-10-22-14/h1,3-7,10H,2,8-9,11,17H2,(H,18,20)(H,19,21). The van der Waals surface area contributed by atoms with Gasteiger partial charge in [-0.3, -0.25) is 9.59 Å². The van der Waals surface area contributed by atoms with Crippen molar-refractivity contribution in [3.05, 3.63) is 59.5 Å². The summed E-state index contributed by atoms with van der Waals surface area (Å²) in [4.78, 5) is 23.5. The lowest BCUT2D eigenvalue weighted by atomic mass is 10.1. The van der Waals surface area contributed by atoms with Gasteiger partial charge in [-0.2, -0.15) is 0 Å². The molecule has 0 saturated carbocycles. The maximum atomic E-state index is 11.9. The highest BCUT2D eigenvalue weighted by atomic mass is 16.3. The van der Waals surface area contributed by atoms with Gasteiger partial charge in [-0.25, -0.2) is 0 Å². The quantitative estimate of drug-likeness (QED) is 0.671. The zero-order valence-corrected chi connectivity index (χ0v) is 12.2. The highest BCUT2D eigenvalue weighted by molar-refractivity contribution is 5.94. The van der Waals surface area contributed by atoms with Gasteiger partial charge in [0.1, 0.15) is 0 Å². The summed E-state index contributed by atoms with van der Waals surface area (Å²) in [6.45, 7) is 1.40. The molecule has 0 spiro atoms. The molecule has 0 fully saturated rings. The third-order valence-corrected chi connectivity index (χ3v) is 3.12. The van der Waals surface area contributed by atoms with Crippen LogP contribution in [0.1, 0.15) is 32.9 Å². The molecule has 6 nitrogen and oxygen atoms in total. The molecular formula is C16H19N3O3. The molecule has 0 aliphatic heterocycles. The van der Waals surface area contributed by atoms with Crippen LogP contribution >= 0.6 is 0 Å². The number of furan rings is 1. The van der Waals surface area contributed by atoms with Crippen molar-refractivity contribution in [2.75, 3.05) is 13.1 Å². The van der Waals surface area contributed by atoms with Crippen LogP contribution in [-0.4, -0.2) is 24.9 Å². The fourth-order valence-electron chi connectivity index (χ4n) is 1.88. The second kappa shape index (κ2) is 7.99.